The van der Waals surface area contributed by atoms with Crippen molar-refractivity contribution in [3.63, 3.8) is 0 Å². The molecule has 0 saturated heterocycles. The summed E-state index contributed by atoms with van der Waals surface area (Å²) in [6, 6.07) is -0.102. The summed E-state index contributed by atoms with van der Waals surface area (Å²) in [4.78, 5) is 22.3. The van der Waals surface area contributed by atoms with Crippen LogP contribution in [0.3, 0.4) is 0 Å². The van der Waals surface area contributed by atoms with Gasteiger partial charge in [-0.3, -0.25) is 9.59 Å². The number of hydrogen-bond donors (Lipinski definition) is 2. The van der Waals surface area contributed by atoms with Crippen LogP contribution in [-0.4, -0.2) is 23.0 Å². The summed E-state index contributed by atoms with van der Waals surface area (Å²) >= 11 is 0. The number of carbonyl (C=O) groups is 2. The van der Waals surface area contributed by atoms with E-state index < -0.39 is 11.9 Å². The Morgan fingerprint density at radius 1 is 1.29 bits per heavy atom. The molecule has 1 rings (SSSR count). The van der Waals surface area contributed by atoms with Crippen molar-refractivity contribution in [3.8, 4) is 0 Å². The zero-order valence-corrected chi connectivity index (χ0v) is 10.3. The minimum Gasteiger partial charge on any atom is -0.481 e. The molecule has 1 aliphatic rings. The highest BCUT2D eigenvalue weighted by molar-refractivity contribution is 5.77. The molecule has 0 heterocycles. The first-order valence-electron chi connectivity index (χ1n) is 6.34. The summed E-state index contributed by atoms with van der Waals surface area (Å²) in [6.45, 7) is 2.13. The Kier molecular flexibility index (Phi) is 5.73. The Balaban J connectivity index is 2.16. The van der Waals surface area contributed by atoms with Gasteiger partial charge in [-0.15, -0.1) is 0 Å². The van der Waals surface area contributed by atoms with Gasteiger partial charge in [-0.25, -0.2) is 0 Å². The van der Waals surface area contributed by atoms with Gasteiger partial charge in [0.05, 0.1) is 5.92 Å². The lowest BCUT2D eigenvalue weighted by molar-refractivity contribution is -0.140. The van der Waals surface area contributed by atoms with E-state index >= 15 is 0 Å². The third-order valence-corrected chi connectivity index (χ3v) is 3.00. The predicted molar refractivity (Wildman–Crippen MR) is 65.6 cm³/mol. The summed E-state index contributed by atoms with van der Waals surface area (Å²) in [5.41, 5.74) is 0. The predicted octanol–water partition coefficient (Wildman–Crippen LogP) is 2.10. The number of unbranched alkanes of at least 4 members (excludes halogenated alkanes) is 3. The van der Waals surface area contributed by atoms with E-state index in [0.29, 0.717) is 12.8 Å². The molecule has 0 aromatic heterocycles. The molecule has 17 heavy (non-hydrogen) atoms. The highest BCUT2D eigenvalue weighted by atomic mass is 16.4. The van der Waals surface area contributed by atoms with Crippen LogP contribution in [0.15, 0.2) is 12.2 Å². The molecule has 0 spiro atoms. The molecular formula is C13H21NO3. The largest absolute Gasteiger partial charge is 0.481 e. The highest BCUT2D eigenvalue weighted by Crippen LogP contribution is 2.18. The molecule has 1 amide bonds. The molecule has 2 N–H and O–H groups in total. The summed E-state index contributed by atoms with van der Waals surface area (Å²) < 4.78 is 0. The van der Waals surface area contributed by atoms with Gasteiger partial charge in [-0.2, -0.15) is 0 Å². The van der Waals surface area contributed by atoms with Crippen molar-refractivity contribution in [1.29, 1.82) is 0 Å². The van der Waals surface area contributed by atoms with Gasteiger partial charge in [0.15, 0.2) is 0 Å². The molecule has 0 aromatic carbocycles. The van der Waals surface area contributed by atoms with Gasteiger partial charge in [-0.1, -0.05) is 38.3 Å². The lowest BCUT2D eigenvalue weighted by Gasteiger charge is -2.11. The average Bonchev–Trinajstić information content (AvgIpc) is 2.73. The molecule has 0 fully saturated rings. The summed E-state index contributed by atoms with van der Waals surface area (Å²) in [7, 11) is 0. The molecule has 0 saturated carbocycles. The van der Waals surface area contributed by atoms with Gasteiger partial charge < -0.3 is 10.4 Å². The van der Waals surface area contributed by atoms with E-state index in [-0.39, 0.29) is 11.9 Å². The first-order chi connectivity index (χ1) is 8.13. The molecule has 0 bridgehead atoms. The van der Waals surface area contributed by atoms with Gasteiger partial charge in [0.2, 0.25) is 5.91 Å². The van der Waals surface area contributed by atoms with Gasteiger partial charge in [0.1, 0.15) is 0 Å². The third-order valence-electron chi connectivity index (χ3n) is 3.00. The van der Waals surface area contributed by atoms with E-state index in [4.69, 9.17) is 5.11 Å². The van der Waals surface area contributed by atoms with Crippen LogP contribution in [0.2, 0.25) is 0 Å². The van der Waals surface area contributed by atoms with Crippen LogP contribution in [0.25, 0.3) is 0 Å². The fourth-order valence-corrected chi connectivity index (χ4v) is 1.98. The maximum absolute atomic E-state index is 11.5. The smallest absolute Gasteiger partial charge is 0.310 e. The van der Waals surface area contributed by atoms with Crippen LogP contribution in [0.4, 0.5) is 0 Å². The molecule has 0 aliphatic heterocycles. The van der Waals surface area contributed by atoms with Gasteiger partial charge in [0, 0.05) is 12.5 Å². The number of carboxylic acids is 1. The van der Waals surface area contributed by atoms with Crippen molar-refractivity contribution in [3.05, 3.63) is 12.2 Å². The van der Waals surface area contributed by atoms with Gasteiger partial charge >= 0.3 is 5.97 Å². The van der Waals surface area contributed by atoms with Gasteiger partial charge in [0.25, 0.3) is 0 Å². The maximum Gasteiger partial charge on any atom is 0.310 e. The molecule has 1 aliphatic carbocycles. The van der Waals surface area contributed by atoms with E-state index in [2.05, 4.69) is 12.2 Å². The second-order valence-corrected chi connectivity index (χ2v) is 4.55. The maximum atomic E-state index is 11.5. The minimum atomic E-state index is -0.819. The number of rotatable bonds is 7. The number of carboxylic acid groups (broad SMARTS) is 1. The molecule has 4 heteroatoms. The second kappa shape index (κ2) is 7.09. The van der Waals surface area contributed by atoms with Crippen LogP contribution >= 0.6 is 0 Å². The fourth-order valence-electron chi connectivity index (χ4n) is 1.98. The third kappa shape index (κ3) is 5.02. The number of nitrogens with one attached hydrogen (secondary N) is 1. The Bertz CT molecular complexity index is 299. The molecule has 2 atom stereocenters. The van der Waals surface area contributed by atoms with Crippen molar-refractivity contribution in [2.24, 2.45) is 5.92 Å². The quantitative estimate of drug-likeness (QED) is 0.528. The van der Waals surface area contributed by atoms with Crippen LogP contribution in [0.1, 0.15) is 45.4 Å². The number of carbonyl (C=O) groups excluding carboxylic acids is 1. The molecule has 96 valence electrons. The molecular weight excluding hydrogens is 218 g/mol. The van der Waals surface area contributed by atoms with E-state index in [1.807, 2.05) is 0 Å². The van der Waals surface area contributed by atoms with Crippen molar-refractivity contribution in [2.75, 3.05) is 0 Å². The Labute approximate surface area is 102 Å². The van der Waals surface area contributed by atoms with Crippen LogP contribution < -0.4 is 5.32 Å². The minimum absolute atomic E-state index is 0.0294. The lowest BCUT2D eigenvalue weighted by atomic mass is 10.1. The summed E-state index contributed by atoms with van der Waals surface area (Å²) in [5.74, 6) is -1.23. The zero-order valence-electron chi connectivity index (χ0n) is 10.3. The number of hydrogen-bond acceptors (Lipinski definition) is 2. The van der Waals surface area contributed by atoms with Crippen LogP contribution in [0.5, 0.6) is 0 Å². The van der Waals surface area contributed by atoms with Crippen LogP contribution in [0, 0.1) is 5.92 Å². The summed E-state index contributed by atoms with van der Waals surface area (Å²) in [6.07, 6.45) is 8.79. The molecule has 4 nitrogen and oxygen atoms in total. The topological polar surface area (TPSA) is 66.4 Å². The number of aliphatic carboxylic acids is 1. The van der Waals surface area contributed by atoms with E-state index in [1.54, 1.807) is 12.2 Å². The van der Waals surface area contributed by atoms with Crippen molar-refractivity contribution < 1.29 is 14.7 Å². The monoisotopic (exact) mass is 239 g/mol. The SMILES string of the molecule is CCCCCCC(=O)NC1C=CC(C(=O)O)C1. The van der Waals surface area contributed by atoms with Crippen molar-refractivity contribution >= 4 is 11.9 Å². The van der Waals surface area contributed by atoms with E-state index in [0.717, 1.165) is 25.7 Å². The lowest BCUT2D eigenvalue weighted by Crippen LogP contribution is -2.33. The fraction of sp³-hybridized carbons (Fsp3) is 0.692. The van der Waals surface area contributed by atoms with E-state index in [9.17, 15) is 9.59 Å². The molecule has 0 radical (unpaired) electrons. The zero-order chi connectivity index (χ0) is 12.7. The highest BCUT2D eigenvalue weighted by Gasteiger charge is 2.24. The van der Waals surface area contributed by atoms with Crippen molar-refractivity contribution in [2.45, 2.75) is 51.5 Å². The average molecular weight is 239 g/mol. The Morgan fingerprint density at radius 2 is 2.06 bits per heavy atom. The summed E-state index contributed by atoms with van der Waals surface area (Å²) in [5, 5.41) is 11.7. The van der Waals surface area contributed by atoms with E-state index in [1.165, 1.54) is 0 Å². The first kappa shape index (κ1) is 13.7. The standard InChI is InChI=1S/C13H21NO3/c1-2-3-4-5-6-12(15)14-11-8-7-10(9-11)13(16)17/h7-8,10-11H,2-6,9H2,1H3,(H,14,15)(H,16,17). The molecule has 0 aromatic rings. The molecule has 2 unspecified atom stereocenters. The Morgan fingerprint density at radius 3 is 2.65 bits per heavy atom. The normalized spacial score (nSPS) is 22.6. The van der Waals surface area contributed by atoms with Gasteiger partial charge in [-0.05, 0) is 12.8 Å². The Hall–Kier alpha value is -1.32. The number of amides is 1. The first-order valence-corrected chi connectivity index (χ1v) is 6.34. The second-order valence-electron chi connectivity index (χ2n) is 4.55. The van der Waals surface area contributed by atoms with Crippen LogP contribution in [-0.2, 0) is 9.59 Å². The van der Waals surface area contributed by atoms with Crippen molar-refractivity contribution in [1.82, 2.24) is 5.32 Å².